The van der Waals surface area contributed by atoms with Crippen molar-refractivity contribution in [3.63, 3.8) is 0 Å². The van der Waals surface area contributed by atoms with Crippen molar-refractivity contribution in [3.05, 3.63) is 35.9 Å². The average Bonchev–Trinajstić information content (AvgIpc) is 2.70. The molecule has 6 heteroatoms. The van der Waals surface area contributed by atoms with E-state index >= 15 is 0 Å². The van der Waals surface area contributed by atoms with Gasteiger partial charge in [0.15, 0.2) is 0 Å². The number of nitrogens with one attached hydrogen (secondary N) is 1. The van der Waals surface area contributed by atoms with Crippen molar-refractivity contribution in [1.82, 2.24) is 15.1 Å². The maximum absolute atomic E-state index is 12.6. The van der Waals surface area contributed by atoms with Crippen LogP contribution in [0.25, 0.3) is 0 Å². The van der Waals surface area contributed by atoms with Gasteiger partial charge in [0, 0.05) is 39.7 Å². The van der Waals surface area contributed by atoms with Crippen LogP contribution in [0.1, 0.15) is 44.2 Å². The number of nitrogens with zero attached hydrogens (tertiary/aromatic N) is 2. The van der Waals surface area contributed by atoms with Crippen LogP contribution in [0.4, 0.5) is 4.79 Å². The van der Waals surface area contributed by atoms with Gasteiger partial charge in [-0.25, -0.2) is 4.79 Å². The average molecular weight is 373 g/mol. The Bertz CT molecular complexity index is 641. The van der Waals surface area contributed by atoms with Crippen LogP contribution in [0.15, 0.2) is 30.3 Å². The normalized spacial score (nSPS) is 20.6. The number of methoxy groups -OCH3 is 1. The van der Waals surface area contributed by atoms with E-state index in [-0.39, 0.29) is 23.4 Å². The van der Waals surface area contributed by atoms with Crippen LogP contribution >= 0.6 is 0 Å². The Kier molecular flexibility index (Phi) is 6.37. The summed E-state index contributed by atoms with van der Waals surface area (Å²) in [4.78, 5) is 28.7. The summed E-state index contributed by atoms with van der Waals surface area (Å²) in [6.07, 6.45) is 3.46. The zero-order valence-corrected chi connectivity index (χ0v) is 16.4. The van der Waals surface area contributed by atoms with Crippen molar-refractivity contribution < 1.29 is 14.3 Å². The number of urea groups is 1. The molecule has 0 aliphatic carbocycles. The number of carbonyl (C=O) groups excluding carboxylic acids is 2. The van der Waals surface area contributed by atoms with Crippen LogP contribution in [0.5, 0.6) is 0 Å². The molecule has 0 radical (unpaired) electrons. The SMILES string of the molecule is COCCN1CC2(CCC1=O)CCN(C(=O)N[C@@H](C)c1ccccc1)CC2. The minimum absolute atomic E-state index is 0.00401. The molecular weight excluding hydrogens is 342 g/mol. The maximum Gasteiger partial charge on any atom is 0.317 e. The molecule has 2 fully saturated rings. The summed E-state index contributed by atoms with van der Waals surface area (Å²) < 4.78 is 5.14. The first kappa shape index (κ1) is 19.7. The Morgan fingerprint density at radius 2 is 1.93 bits per heavy atom. The first-order valence-electron chi connectivity index (χ1n) is 9.90. The smallest absolute Gasteiger partial charge is 0.317 e. The maximum atomic E-state index is 12.6. The van der Waals surface area contributed by atoms with E-state index in [0.29, 0.717) is 19.6 Å². The van der Waals surface area contributed by atoms with Gasteiger partial charge in [-0.15, -0.1) is 0 Å². The second kappa shape index (κ2) is 8.74. The minimum Gasteiger partial charge on any atom is -0.383 e. The Morgan fingerprint density at radius 1 is 1.22 bits per heavy atom. The van der Waals surface area contributed by atoms with Gasteiger partial charge in [0.25, 0.3) is 0 Å². The molecule has 0 saturated carbocycles. The monoisotopic (exact) mass is 373 g/mol. The first-order valence-corrected chi connectivity index (χ1v) is 9.90. The van der Waals surface area contributed by atoms with E-state index in [1.165, 1.54) is 0 Å². The van der Waals surface area contributed by atoms with Gasteiger partial charge < -0.3 is 19.9 Å². The predicted octanol–water partition coefficient (Wildman–Crippen LogP) is 2.81. The van der Waals surface area contributed by atoms with Crippen LogP contribution in [0.2, 0.25) is 0 Å². The Balaban J connectivity index is 1.52. The van der Waals surface area contributed by atoms with Gasteiger partial charge in [0.2, 0.25) is 5.91 Å². The molecule has 6 nitrogen and oxygen atoms in total. The van der Waals surface area contributed by atoms with Gasteiger partial charge in [-0.2, -0.15) is 0 Å². The lowest BCUT2D eigenvalue weighted by Gasteiger charge is -2.47. The van der Waals surface area contributed by atoms with Crippen LogP contribution in [0, 0.1) is 5.41 Å². The van der Waals surface area contributed by atoms with E-state index in [9.17, 15) is 9.59 Å². The van der Waals surface area contributed by atoms with Gasteiger partial charge in [0.05, 0.1) is 12.6 Å². The number of piperidine rings is 2. The number of ether oxygens (including phenoxy) is 1. The van der Waals surface area contributed by atoms with E-state index in [1.54, 1.807) is 7.11 Å². The Labute approximate surface area is 161 Å². The molecule has 1 N–H and O–H groups in total. The van der Waals surface area contributed by atoms with E-state index in [2.05, 4.69) is 5.32 Å². The van der Waals surface area contributed by atoms with Crippen molar-refractivity contribution in [1.29, 1.82) is 0 Å². The number of hydrogen-bond acceptors (Lipinski definition) is 3. The lowest BCUT2D eigenvalue weighted by atomic mass is 9.72. The fourth-order valence-corrected chi connectivity index (χ4v) is 4.20. The molecule has 0 bridgehead atoms. The molecule has 2 aliphatic rings. The molecular formula is C21H31N3O3. The highest BCUT2D eigenvalue weighted by molar-refractivity contribution is 5.77. The number of amides is 3. The van der Waals surface area contributed by atoms with Crippen LogP contribution in [0.3, 0.4) is 0 Å². The molecule has 0 unspecified atom stereocenters. The highest BCUT2D eigenvalue weighted by atomic mass is 16.5. The molecule has 2 saturated heterocycles. The fraction of sp³-hybridized carbons (Fsp3) is 0.619. The molecule has 3 rings (SSSR count). The van der Waals surface area contributed by atoms with Crippen molar-refractivity contribution in [2.45, 2.75) is 38.6 Å². The molecule has 2 aliphatic heterocycles. The summed E-state index contributed by atoms with van der Waals surface area (Å²) in [5, 5.41) is 3.11. The molecule has 1 spiro atoms. The number of benzene rings is 1. The summed E-state index contributed by atoms with van der Waals surface area (Å²) >= 11 is 0. The van der Waals surface area contributed by atoms with Crippen LogP contribution in [-0.4, -0.2) is 61.6 Å². The summed E-state index contributed by atoms with van der Waals surface area (Å²) in [5.41, 5.74) is 1.27. The first-order chi connectivity index (χ1) is 13.0. The minimum atomic E-state index is -0.00794. The molecule has 27 heavy (non-hydrogen) atoms. The standard InChI is InChI=1S/C21H31N3O3/c1-17(18-6-4-3-5-7-18)22-20(26)23-12-10-21(11-13-23)9-8-19(25)24(16-21)14-15-27-2/h3-7,17H,8-16H2,1-2H3,(H,22,26)/t17-/m0/s1. The third kappa shape index (κ3) is 4.80. The molecule has 2 heterocycles. The summed E-state index contributed by atoms with van der Waals surface area (Å²) in [6.45, 7) is 5.55. The molecule has 1 atom stereocenters. The zero-order valence-electron chi connectivity index (χ0n) is 16.4. The highest BCUT2D eigenvalue weighted by Crippen LogP contribution is 2.40. The van der Waals surface area contributed by atoms with Gasteiger partial charge >= 0.3 is 6.03 Å². The lowest BCUT2D eigenvalue weighted by molar-refractivity contribution is -0.139. The van der Waals surface area contributed by atoms with Crippen molar-refractivity contribution in [2.24, 2.45) is 5.41 Å². The third-order valence-corrected chi connectivity index (χ3v) is 6.06. The Morgan fingerprint density at radius 3 is 2.59 bits per heavy atom. The summed E-state index contributed by atoms with van der Waals surface area (Å²) in [5.74, 6) is 0.231. The van der Waals surface area contributed by atoms with Crippen LogP contribution in [-0.2, 0) is 9.53 Å². The van der Waals surface area contributed by atoms with E-state index in [1.807, 2.05) is 47.1 Å². The molecule has 0 aromatic heterocycles. The quantitative estimate of drug-likeness (QED) is 0.863. The van der Waals surface area contributed by atoms with Gasteiger partial charge in [0.1, 0.15) is 0 Å². The second-order valence-corrected chi connectivity index (χ2v) is 7.88. The number of carbonyl (C=O) groups is 2. The topological polar surface area (TPSA) is 61.9 Å². The predicted molar refractivity (Wildman–Crippen MR) is 104 cm³/mol. The van der Waals surface area contributed by atoms with Gasteiger partial charge in [-0.1, -0.05) is 30.3 Å². The van der Waals surface area contributed by atoms with Crippen molar-refractivity contribution in [3.8, 4) is 0 Å². The van der Waals surface area contributed by atoms with E-state index in [4.69, 9.17) is 4.74 Å². The summed E-state index contributed by atoms with van der Waals surface area (Å²) in [7, 11) is 1.66. The van der Waals surface area contributed by atoms with Crippen molar-refractivity contribution in [2.75, 3.05) is 39.9 Å². The van der Waals surface area contributed by atoms with E-state index < -0.39 is 0 Å². The van der Waals surface area contributed by atoms with Gasteiger partial charge in [-0.05, 0) is 37.2 Å². The lowest BCUT2D eigenvalue weighted by Crippen LogP contribution is -2.54. The Hall–Kier alpha value is -2.08. The van der Waals surface area contributed by atoms with Gasteiger partial charge in [-0.3, -0.25) is 4.79 Å². The molecule has 3 amide bonds. The second-order valence-electron chi connectivity index (χ2n) is 7.88. The molecule has 1 aromatic carbocycles. The zero-order chi connectivity index (χ0) is 19.3. The van der Waals surface area contributed by atoms with E-state index in [0.717, 1.165) is 44.5 Å². The third-order valence-electron chi connectivity index (χ3n) is 6.06. The number of hydrogen-bond donors (Lipinski definition) is 1. The summed E-state index contributed by atoms with van der Waals surface area (Å²) in [6, 6.07) is 10.0. The van der Waals surface area contributed by atoms with Crippen LogP contribution < -0.4 is 5.32 Å². The highest BCUT2D eigenvalue weighted by Gasteiger charge is 2.41. The molecule has 148 valence electrons. The van der Waals surface area contributed by atoms with Crippen molar-refractivity contribution >= 4 is 11.9 Å². The number of rotatable bonds is 5. The molecule has 1 aromatic rings. The number of likely N-dealkylation sites (tertiary alicyclic amines) is 2. The largest absolute Gasteiger partial charge is 0.383 e. The fourth-order valence-electron chi connectivity index (χ4n) is 4.20.